The van der Waals surface area contributed by atoms with Gasteiger partial charge in [0.2, 0.25) is 5.91 Å². The summed E-state index contributed by atoms with van der Waals surface area (Å²) in [6.07, 6.45) is 1.55. The number of ether oxygens (including phenoxy) is 1. The lowest BCUT2D eigenvalue weighted by Gasteiger charge is -2.30. The molecule has 0 aliphatic carbocycles. The zero-order valence-electron chi connectivity index (χ0n) is 17.2. The summed E-state index contributed by atoms with van der Waals surface area (Å²) in [7, 11) is -3.84. The first kappa shape index (κ1) is 21.6. The average molecular weight is 451 g/mol. The molecule has 164 valence electrons. The maximum Gasteiger partial charge on any atom is 0.338 e. The van der Waals surface area contributed by atoms with Crippen molar-refractivity contribution in [2.75, 3.05) is 10.8 Å². The normalized spacial score (nSPS) is 13.3. The van der Waals surface area contributed by atoms with Gasteiger partial charge in [-0.05, 0) is 60.4 Å². The number of esters is 1. The molecular weight excluding hydrogens is 428 g/mol. The van der Waals surface area contributed by atoms with Crippen LogP contribution in [0.4, 0.5) is 5.69 Å². The Balaban J connectivity index is 1.54. The topological polar surface area (TPSA) is 107 Å². The number of hydrogen-bond donors (Lipinski definition) is 1. The summed E-state index contributed by atoms with van der Waals surface area (Å²) in [6.45, 7) is 0.306. The van der Waals surface area contributed by atoms with Crippen LogP contribution in [0.15, 0.2) is 77.7 Å². The number of aryl methyl sites for hydroxylation is 1. The van der Waals surface area contributed by atoms with Gasteiger partial charge in [0.25, 0.3) is 10.0 Å². The van der Waals surface area contributed by atoms with Crippen molar-refractivity contribution in [1.82, 2.24) is 0 Å². The van der Waals surface area contributed by atoms with Crippen molar-refractivity contribution in [3.63, 3.8) is 0 Å². The molecule has 3 aromatic carbocycles. The summed E-state index contributed by atoms with van der Waals surface area (Å²) in [5.41, 5.74) is 7.96. The van der Waals surface area contributed by atoms with Gasteiger partial charge in [0, 0.05) is 12.1 Å². The van der Waals surface area contributed by atoms with Crippen molar-refractivity contribution in [2.45, 2.75) is 24.3 Å². The van der Waals surface area contributed by atoms with Crippen molar-refractivity contribution in [1.29, 1.82) is 0 Å². The van der Waals surface area contributed by atoms with Crippen LogP contribution in [0.25, 0.3) is 0 Å². The van der Waals surface area contributed by atoms with Gasteiger partial charge in [-0.1, -0.05) is 36.4 Å². The lowest BCUT2D eigenvalue weighted by atomic mass is 10.0. The molecular formula is C24H22N2O5S. The number of rotatable bonds is 6. The molecule has 0 aromatic heterocycles. The van der Waals surface area contributed by atoms with Crippen molar-refractivity contribution in [3.05, 3.63) is 95.1 Å². The molecule has 0 bridgehead atoms. The third-order valence-corrected chi connectivity index (χ3v) is 7.12. The fourth-order valence-electron chi connectivity index (χ4n) is 3.71. The van der Waals surface area contributed by atoms with Crippen LogP contribution in [-0.4, -0.2) is 26.8 Å². The molecule has 0 saturated carbocycles. The standard InChI is InChI=1S/C24H22N2O5S/c25-23(27)19-8-3-6-17(14-19)16-31-24(28)20-9-4-11-21(15-20)32(29,30)26-13-5-10-18-7-1-2-12-22(18)26/h1-4,6-9,11-12,14-15H,5,10,13,16H2,(H2,25,27). The van der Waals surface area contributed by atoms with E-state index in [2.05, 4.69) is 0 Å². The van der Waals surface area contributed by atoms with E-state index in [1.165, 1.54) is 28.6 Å². The van der Waals surface area contributed by atoms with Gasteiger partial charge in [-0.3, -0.25) is 9.10 Å². The van der Waals surface area contributed by atoms with Crippen molar-refractivity contribution in [3.8, 4) is 0 Å². The SMILES string of the molecule is NC(=O)c1cccc(COC(=O)c2cccc(S(=O)(=O)N3CCCc4ccccc43)c2)c1. The third-order valence-electron chi connectivity index (χ3n) is 5.31. The fourth-order valence-corrected chi connectivity index (χ4v) is 5.29. The quantitative estimate of drug-likeness (QED) is 0.580. The van der Waals surface area contributed by atoms with Crippen LogP contribution in [-0.2, 0) is 27.8 Å². The van der Waals surface area contributed by atoms with Crippen molar-refractivity contribution < 1.29 is 22.7 Å². The van der Waals surface area contributed by atoms with E-state index in [1.807, 2.05) is 18.2 Å². The molecule has 0 fully saturated rings. The van der Waals surface area contributed by atoms with Crippen LogP contribution in [0.2, 0.25) is 0 Å². The second kappa shape index (κ2) is 8.84. The van der Waals surface area contributed by atoms with Gasteiger partial charge in [0.15, 0.2) is 0 Å². The van der Waals surface area contributed by atoms with Gasteiger partial charge in [-0.15, -0.1) is 0 Å². The summed E-state index contributed by atoms with van der Waals surface area (Å²) in [5.74, 6) is -1.24. The van der Waals surface area contributed by atoms with Crippen LogP contribution in [0.3, 0.4) is 0 Å². The van der Waals surface area contributed by atoms with E-state index < -0.39 is 21.9 Å². The first-order valence-corrected chi connectivity index (χ1v) is 11.6. The Labute approximate surface area is 186 Å². The van der Waals surface area contributed by atoms with E-state index in [9.17, 15) is 18.0 Å². The molecule has 0 radical (unpaired) electrons. The Morgan fingerprint density at radius 1 is 0.938 bits per heavy atom. The molecule has 1 amide bonds. The average Bonchev–Trinajstić information content (AvgIpc) is 2.82. The molecule has 2 N–H and O–H groups in total. The number of anilines is 1. The number of nitrogens with zero attached hydrogens (tertiary/aromatic N) is 1. The Kier molecular flexibility index (Phi) is 5.96. The van der Waals surface area contributed by atoms with E-state index in [-0.39, 0.29) is 17.1 Å². The zero-order valence-corrected chi connectivity index (χ0v) is 18.0. The summed E-state index contributed by atoms with van der Waals surface area (Å²) in [5, 5.41) is 0. The Hall–Kier alpha value is -3.65. The molecule has 7 nitrogen and oxygen atoms in total. The number of hydrogen-bond acceptors (Lipinski definition) is 5. The molecule has 8 heteroatoms. The third kappa shape index (κ3) is 4.36. The highest BCUT2D eigenvalue weighted by Crippen LogP contribution is 2.32. The fraction of sp³-hybridized carbons (Fsp3) is 0.167. The van der Waals surface area contributed by atoms with Gasteiger partial charge in [0.05, 0.1) is 16.1 Å². The summed E-state index contributed by atoms with van der Waals surface area (Å²) >= 11 is 0. The van der Waals surface area contributed by atoms with E-state index in [1.54, 1.807) is 30.3 Å². The number of para-hydroxylation sites is 1. The molecule has 32 heavy (non-hydrogen) atoms. The van der Waals surface area contributed by atoms with Crippen LogP contribution >= 0.6 is 0 Å². The summed E-state index contributed by atoms with van der Waals surface area (Å²) < 4.78 is 33.4. The summed E-state index contributed by atoms with van der Waals surface area (Å²) in [4.78, 5) is 23.9. The van der Waals surface area contributed by atoms with Crippen molar-refractivity contribution in [2.24, 2.45) is 5.73 Å². The van der Waals surface area contributed by atoms with Gasteiger partial charge in [-0.25, -0.2) is 13.2 Å². The molecule has 1 aliphatic heterocycles. The molecule has 1 heterocycles. The molecule has 0 unspecified atom stereocenters. The number of carbonyl (C=O) groups excluding carboxylic acids is 2. The van der Waals surface area contributed by atoms with Gasteiger partial charge in [0.1, 0.15) is 6.61 Å². The minimum absolute atomic E-state index is 0.0272. The van der Waals surface area contributed by atoms with Gasteiger partial charge < -0.3 is 10.5 Å². The number of amides is 1. The Morgan fingerprint density at radius 2 is 1.69 bits per heavy atom. The smallest absolute Gasteiger partial charge is 0.338 e. The highest BCUT2D eigenvalue weighted by atomic mass is 32.2. The number of nitrogens with two attached hydrogens (primary N) is 1. The minimum atomic E-state index is -3.84. The highest BCUT2D eigenvalue weighted by molar-refractivity contribution is 7.92. The zero-order chi connectivity index (χ0) is 22.7. The Bertz CT molecular complexity index is 1290. The molecule has 0 spiro atoms. The van der Waals surface area contributed by atoms with Crippen LogP contribution in [0.5, 0.6) is 0 Å². The van der Waals surface area contributed by atoms with Crippen LogP contribution < -0.4 is 10.0 Å². The highest BCUT2D eigenvalue weighted by Gasteiger charge is 2.29. The first-order valence-electron chi connectivity index (χ1n) is 10.1. The second-order valence-electron chi connectivity index (χ2n) is 7.48. The van der Waals surface area contributed by atoms with E-state index in [4.69, 9.17) is 10.5 Å². The first-order chi connectivity index (χ1) is 15.4. The summed E-state index contributed by atoms with van der Waals surface area (Å²) in [6, 6.07) is 19.7. The minimum Gasteiger partial charge on any atom is -0.457 e. The number of fused-ring (bicyclic) bond motifs is 1. The predicted octanol–water partition coefficient (Wildman–Crippen LogP) is 3.28. The number of primary amides is 1. The van der Waals surface area contributed by atoms with Crippen LogP contribution in [0.1, 0.15) is 38.3 Å². The molecule has 0 atom stereocenters. The molecule has 4 rings (SSSR count). The van der Waals surface area contributed by atoms with Gasteiger partial charge >= 0.3 is 5.97 Å². The van der Waals surface area contributed by atoms with E-state index in [0.717, 1.165) is 18.4 Å². The lowest BCUT2D eigenvalue weighted by Crippen LogP contribution is -2.35. The lowest BCUT2D eigenvalue weighted by molar-refractivity contribution is 0.0472. The van der Waals surface area contributed by atoms with E-state index >= 15 is 0 Å². The Morgan fingerprint density at radius 3 is 2.50 bits per heavy atom. The second-order valence-corrected chi connectivity index (χ2v) is 9.34. The molecule has 1 aliphatic rings. The number of sulfonamides is 1. The van der Waals surface area contributed by atoms with Gasteiger partial charge in [-0.2, -0.15) is 0 Å². The molecule has 0 saturated heterocycles. The largest absolute Gasteiger partial charge is 0.457 e. The monoisotopic (exact) mass is 450 g/mol. The maximum absolute atomic E-state index is 13.3. The maximum atomic E-state index is 13.3. The van der Waals surface area contributed by atoms with Crippen molar-refractivity contribution >= 4 is 27.6 Å². The van der Waals surface area contributed by atoms with Crippen LogP contribution in [0, 0.1) is 0 Å². The number of carbonyl (C=O) groups is 2. The van der Waals surface area contributed by atoms with E-state index in [0.29, 0.717) is 23.4 Å². The number of benzene rings is 3. The molecule has 3 aromatic rings. The predicted molar refractivity (Wildman–Crippen MR) is 120 cm³/mol.